The van der Waals surface area contributed by atoms with Crippen LogP contribution in [0.3, 0.4) is 0 Å². The van der Waals surface area contributed by atoms with Gasteiger partial charge >= 0.3 is 0 Å². The van der Waals surface area contributed by atoms with Gasteiger partial charge in [-0.2, -0.15) is 0 Å². The van der Waals surface area contributed by atoms with Gasteiger partial charge in [-0.05, 0) is 38.3 Å². The third-order valence-electron chi connectivity index (χ3n) is 2.02. The van der Waals surface area contributed by atoms with Crippen LogP contribution in [0, 0.1) is 5.92 Å². The highest BCUT2D eigenvalue weighted by molar-refractivity contribution is 4.61. The molecule has 4 nitrogen and oxygen atoms in total. The molecule has 4 N–H and O–H groups in total. The van der Waals surface area contributed by atoms with Crippen LogP contribution < -0.4 is 5.32 Å². The van der Waals surface area contributed by atoms with E-state index in [1.54, 1.807) is 0 Å². The van der Waals surface area contributed by atoms with Crippen molar-refractivity contribution < 1.29 is 15.3 Å². The predicted octanol–water partition coefficient (Wildman–Crippen LogP) is -0.661. The molecule has 0 aliphatic carbocycles. The molecule has 0 atom stereocenters. The molecule has 0 unspecified atom stereocenters. The zero-order valence-electron chi connectivity index (χ0n) is 8.08. The van der Waals surface area contributed by atoms with Crippen molar-refractivity contribution in [3.63, 3.8) is 0 Å². The lowest BCUT2D eigenvalue weighted by atomic mass is 10.0. The van der Waals surface area contributed by atoms with Crippen molar-refractivity contribution in [2.45, 2.75) is 19.3 Å². The van der Waals surface area contributed by atoms with Gasteiger partial charge in [0.1, 0.15) is 0 Å². The maximum Gasteiger partial charge on any atom is 0.0443 e. The number of nitrogens with one attached hydrogen (secondary N) is 1. The lowest BCUT2D eigenvalue weighted by Crippen LogP contribution is -2.25. The van der Waals surface area contributed by atoms with Gasteiger partial charge in [0.05, 0.1) is 0 Å². The van der Waals surface area contributed by atoms with E-state index in [1.807, 2.05) is 0 Å². The molecule has 4 heteroatoms. The quantitative estimate of drug-likeness (QED) is 0.365. The van der Waals surface area contributed by atoms with Crippen molar-refractivity contribution in [2.24, 2.45) is 5.92 Å². The van der Waals surface area contributed by atoms with E-state index in [0.29, 0.717) is 5.92 Å². The van der Waals surface area contributed by atoms with Gasteiger partial charge in [0.2, 0.25) is 0 Å². The average molecular weight is 191 g/mol. The normalized spacial score (nSPS) is 11.1. The van der Waals surface area contributed by atoms with Crippen LogP contribution in [-0.4, -0.2) is 48.2 Å². The van der Waals surface area contributed by atoms with Crippen molar-refractivity contribution in [3.8, 4) is 0 Å². The van der Waals surface area contributed by atoms with E-state index < -0.39 is 0 Å². The fourth-order valence-corrected chi connectivity index (χ4v) is 1.22. The average Bonchev–Trinajstić information content (AvgIpc) is 2.13. The third-order valence-corrected chi connectivity index (χ3v) is 2.02. The van der Waals surface area contributed by atoms with E-state index in [9.17, 15) is 0 Å². The first-order valence-electron chi connectivity index (χ1n) is 4.88. The predicted molar refractivity (Wildman–Crippen MR) is 51.5 cm³/mol. The van der Waals surface area contributed by atoms with Gasteiger partial charge in [-0.1, -0.05) is 0 Å². The molecule has 0 amide bonds. The minimum Gasteiger partial charge on any atom is -0.396 e. The van der Waals surface area contributed by atoms with Crippen molar-refractivity contribution in [1.29, 1.82) is 0 Å². The lowest BCUT2D eigenvalue weighted by molar-refractivity contribution is 0.211. The molecule has 0 bridgehead atoms. The molecule has 0 radical (unpaired) electrons. The summed E-state index contributed by atoms with van der Waals surface area (Å²) in [6.45, 7) is 2.15. The Morgan fingerprint density at radius 2 is 1.54 bits per heavy atom. The van der Waals surface area contributed by atoms with Crippen molar-refractivity contribution in [3.05, 3.63) is 0 Å². The fourth-order valence-electron chi connectivity index (χ4n) is 1.22. The first-order chi connectivity index (χ1) is 6.35. The second-order valence-electron chi connectivity index (χ2n) is 3.17. The number of aliphatic hydroxyl groups excluding tert-OH is 3. The Balaban J connectivity index is 3.33. The number of hydrogen-bond donors (Lipinski definition) is 4. The van der Waals surface area contributed by atoms with Gasteiger partial charge in [-0.15, -0.1) is 0 Å². The van der Waals surface area contributed by atoms with Crippen LogP contribution in [0.2, 0.25) is 0 Å². The summed E-state index contributed by atoms with van der Waals surface area (Å²) in [7, 11) is 0. The first-order valence-corrected chi connectivity index (χ1v) is 4.88. The third kappa shape index (κ3) is 8.18. The van der Waals surface area contributed by atoms with Crippen LogP contribution in [0.25, 0.3) is 0 Å². The Morgan fingerprint density at radius 1 is 0.923 bits per heavy atom. The van der Waals surface area contributed by atoms with Gasteiger partial charge < -0.3 is 20.6 Å². The van der Waals surface area contributed by atoms with Gasteiger partial charge in [0, 0.05) is 19.8 Å². The second-order valence-corrected chi connectivity index (χ2v) is 3.17. The smallest absolute Gasteiger partial charge is 0.0443 e. The molecule has 0 heterocycles. The largest absolute Gasteiger partial charge is 0.396 e. The maximum absolute atomic E-state index is 8.72. The molecule has 0 aliphatic heterocycles. The Kier molecular flexibility index (Phi) is 9.80. The Labute approximate surface area is 79.6 Å². The minimum atomic E-state index is 0.173. The molecule has 80 valence electrons. The second kappa shape index (κ2) is 9.92. The van der Waals surface area contributed by atoms with Crippen molar-refractivity contribution in [1.82, 2.24) is 5.32 Å². The molecular weight excluding hydrogens is 170 g/mol. The number of hydrogen-bond acceptors (Lipinski definition) is 4. The number of aliphatic hydroxyl groups is 3. The van der Waals surface area contributed by atoms with Crippen LogP contribution in [0.1, 0.15) is 19.3 Å². The highest BCUT2D eigenvalue weighted by Gasteiger charge is 2.06. The summed E-state index contributed by atoms with van der Waals surface area (Å²) in [5.74, 6) is 0.341. The van der Waals surface area contributed by atoms with Crippen LogP contribution in [0.5, 0.6) is 0 Å². The molecule has 0 fully saturated rings. The molecule has 0 aromatic heterocycles. The van der Waals surface area contributed by atoms with E-state index in [2.05, 4.69) is 5.32 Å². The highest BCUT2D eigenvalue weighted by Crippen LogP contribution is 2.05. The topological polar surface area (TPSA) is 72.7 Å². The van der Waals surface area contributed by atoms with Crippen molar-refractivity contribution >= 4 is 0 Å². The van der Waals surface area contributed by atoms with Crippen molar-refractivity contribution in [2.75, 3.05) is 32.9 Å². The molecule has 0 saturated heterocycles. The Hall–Kier alpha value is -0.160. The monoisotopic (exact) mass is 191 g/mol. The van der Waals surface area contributed by atoms with E-state index in [4.69, 9.17) is 15.3 Å². The molecule has 0 aliphatic rings. The van der Waals surface area contributed by atoms with E-state index in [0.717, 1.165) is 32.4 Å². The molecular formula is C9H21NO3. The summed E-state index contributed by atoms with van der Waals surface area (Å²) >= 11 is 0. The van der Waals surface area contributed by atoms with Gasteiger partial charge in [0.25, 0.3) is 0 Å². The Morgan fingerprint density at radius 3 is 2.00 bits per heavy atom. The van der Waals surface area contributed by atoms with Gasteiger partial charge in [-0.25, -0.2) is 0 Å². The van der Waals surface area contributed by atoms with Crippen LogP contribution >= 0.6 is 0 Å². The van der Waals surface area contributed by atoms with E-state index in [-0.39, 0.29) is 19.8 Å². The zero-order chi connectivity index (χ0) is 9.94. The molecule has 0 spiro atoms. The molecule has 0 saturated carbocycles. The van der Waals surface area contributed by atoms with Crippen LogP contribution in [0.15, 0.2) is 0 Å². The zero-order valence-corrected chi connectivity index (χ0v) is 8.08. The minimum absolute atomic E-state index is 0.173. The lowest BCUT2D eigenvalue weighted by Gasteiger charge is -2.14. The maximum atomic E-state index is 8.72. The van der Waals surface area contributed by atoms with E-state index in [1.165, 1.54) is 0 Å². The van der Waals surface area contributed by atoms with E-state index >= 15 is 0 Å². The molecule has 0 aromatic carbocycles. The summed E-state index contributed by atoms with van der Waals surface area (Å²) in [6.07, 6.45) is 2.21. The fraction of sp³-hybridized carbons (Fsp3) is 1.00. The molecule has 0 rings (SSSR count). The first kappa shape index (κ1) is 12.8. The Bertz CT molecular complexity index is 94.9. The SMILES string of the molecule is OCCCNCC(CCO)CCO. The summed E-state index contributed by atoms with van der Waals surface area (Å²) in [6, 6.07) is 0. The van der Waals surface area contributed by atoms with Gasteiger partial charge in [-0.3, -0.25) is 0 Å². The van der Waals surface area contributed by atoms with Crippen LogP contribution in [-0.2, 0) is 0 Å². The highest BCUT2D eigenvalue weighted by atomic mass is 16.3. The standard InChI is InChI=1S/C9H21NO3/c11-5-1-4-10-8-9(2-6-12)3-7-13/h9-13H,1-8H2. The molecule has 13 heavy (non-hydrogen) atoms. The summed E-state index contributed by atoms with van der Waals surface area (Å²) in [4.78, 5) is 0. The summed E-state index contributed by atoms with van der Waals surface area (Å²) < 4.78 is 0. The number of rotatable bonds is 9. The summed E-state index contributed by atoms with van der Waals surface area (Å²) in [5, 5.41) is 29.1. The van der Waals surface area contributed by atoms with Gasteiger partial charge in [0.15, 0.2) is 0 Å². The van der Waals surface area contributed by atoms with Crippen LogP contribution in [0.4, 0.5) is 0 Å². The molecule has 0 aromatic rings. The summed E-state index contributed by atoms with van der Waals surface area (Å²) in [5.41, 5.74) is 0.